The van der Waals surface area contributed by atoms with Crippen molar-refractivity contribution >= 4 is 15.0 Å². The van der Waals surface area contributed by atoms with E-state index in [1.165, 1.54) is 5.41 Å². The minimum atomic E-state index is -3.21. The number of aliphatic imine (C=N–C) groups is 1. The average Bonchev–Trinajstić information content (AvgIpc) is 2.56. The van der Waals surface area contributed by atoms with Crippen molar-refractivity contribution in [3.05, 3.63) is 11.1 Å². The number of likely N-dealkylation sites (tertiary alicyclic amines) is 1. The largest absolute Gasteiger partial charge is 0.347 e. The number of sulfone groups is 1. The first-order valence-corrected chi connectivity index (χ1v) is 5.91. The zero-order valence-corrected chi connectivity index (χ0v) is 8.34. The molecule has 0 aromatic rings. The second kappa shape index (κ2) is 2.83. The van der Waals surface area contributed by atoms with E-state index in [4.69, 9.17) is 0 Å². The summed E-state index contributed by atoms with van der Waals surface area (Å²) in [6.45, 7) is 3.35. The summed E-state index contributed by atoms with van der Waals surface area (Å²) in [5, 5.41) is 1.49. The Labute approximate surface area is 77.9 Å². The van der Waals surface area contributed by atoms with E-state index in [2.05, 4.69) is 4.99 Å². The van der Waals surface area contributed by atoms with Gasteiger partial charge in [-0.1, -0.05) is 0 Å². The van der Waals surface area contributed by atoms with Crippen LogP contribution in [0.4, 0.5) is 0 Å². The average molecular weight is 200 g/mol. The summed E-state index contributed by atoms with van der Waals surface area (Å²) >= 11 is 0. The number of hydrogen-bond acceptors (Lipinski definition) is 4. The van der Waals surface area contributed by atoms with Gasteiger partial charge in [0.2, 0.25) is 15.0 Å². The molecule has 0 radical (unpaired) electrons. The molecule has 4 nitrogen and oxygen atoms in total. The molecule has 2 rings (SSSR count). The topological polar surface area (TPSA) is 49.7 Å². The standard InChI is InChI=1S/C8H12N2O2S/c1-7-6-13(11,12)8(9-7)10-4-2-3-5-10/h6H,2-5H2,1H3. The summed E-state index contributed by atoms with van der Waals surface area (Å²) in [5.74, 6) is 0. The van der Waals surface area contributed by atoms with Crippen LogP contribution < -0.4 is 0 Å². The maximum absolute atomic E-state index is 11.5. The summed E-state index contributed by atoms with van der Waals surface area (Å²) in [5.41, 5.74) is 0.585. The lowest BCUT2D eigenvalue weighted by molar-refractivity contribution is 0.522. The van der Waals surface area contributed by atoms with Gasteiger partial charge in [0.1, 0.15) is 0 Å². The first-order chi connectivity index (χ1) is 6.09. The Kier molecular flexibility index (Phi) is 1.91. The van der Waals surface area contributed by atoms with Crippen LogP contribution in [0.2, 0.25) is 0 Å². The highest BCUT2D eigenvalue weighted by atomic mass is 32.2. The van der Waals surface area contributed by atoms with Gasteiger partial charge in [-0.25, -0.2) is 13.4 Å². The fraction of sp³-hybridized carbons (Fsp3) is 0.625. The van der Waals surface area contributed by atoms with E-state index in [1.807, 2.05) is 4.90 Å². The number of rotatable bonds is 0. The van der Waals surface area contributed by atoms with Gasteiger partial charge >= 0.3 is 0 Å². The van der Waals surface area contributed by atoms with Crippen LogP contribution in [0, 0.1) is 0 Å². The first kappa shape index (κ1) is 8.74. The maximum Gasteiger partial charge on any atom is 0.234 e. The smallest absolute Gasteiger partial charge is 0.234 e. The van der Waals surface area contributed by atoms with E-state index in [0.717, 1.165) is 25.9 Å². The lowest BCUT2D eigenvalue weighted by Gasteiger charge is -2.15. The molecule has 2 aliphatic rings. The van der Waals surface area contributed by atoms with E-state index in [9.17, 15) is 8.42 Å². The predicted molar refractivity (Wildman–Crippen MR) is 50.9 cm³/mol. The van der Waals surface area contributed by atoms with E-state index in [1.54, 1.807) is 6.92 Å². The van der Waals surface area contributed by atoms with Crippen LogP contribution in [-0.2, 0) is 9.84 Å². The normalized spacial score (nSPS) is 26.1. The molecule has 0 saturated carbocycles. The Morgan fingerprint density at radius 2 is 2.00 bits per heavy atom. The van der Waals surface area contributed by atoms with E-state index in [-0.39, 0.29) is 5.17 Å². The molecule has 13 heavy (non-hydrogen) atoms. The zero-order chi connectivity index (χ0) is 9.47. The Hall–Kier alpha value is -0.840. The van der Waals surface area contributed by atoms with Crippen LogP contribution >= 0.6 is 0 Å². The Bertz CT molecular complexity index is 375. The summed E-state index contributed by atoms with van der Waals surface area (Å²) in [6.07, 6.45) is 2.13. The Morgan fingerprint density at radius 3 is 2.46 bits per heavy atom. The number of nitrogens with zero attached hydrogens (tertiary/aromatic N) is 2. The quantitative estimate of drug-likeness (QED) is 0.579. The Balaban J connectivity index is 2.31. The van der Waals surface area contributed by atoms with Crippen LogP contribution in [-0.4, -0.2) is 31.6 Å². The van der Waals surface area contributed by atoms with Gasteiger partial charge in [0.25, 0.3) is 0 Å². The summed E-state index contributed by atoms with van der Waals surface area (Å²) < 4.78 is 23.0. The van der Waals surface area contributed by atoms with Crippen molar-refractivity contribution in [1.82, 2.24) is 4.90 Å². The van der Waals surface area contributed by atoms with Gasteiger partial charge in [0, 0.05) is 13.1 Å². The second-order valence-electron chi connectivity index (χ2n) is 3.39. The molecule has 2 aliphatic heterocycles. The van der Waals surface area contributed by atoms with Gasteiger partial charge in [0.05, 0.1) is 11.1 Å². The van der Waals surface area contributed by atoms with Crippen molar-refractivity contribution in [2.75, 3.05) is 13.1 Å². The molecule has 0 aromatic heterocycles. The highest BCUT2D eigenvalue weighted by Crippen LogP contribution is 2.20. The van der Waals surface area contributed by atoms with Crippen molar-refractivity contribution in [1.29, 1.82) is 0 Å². The molecular weight excluding hydrogens is 188 g/mol. The third-order valence-electron chi connectivity index (χ3n) is 2.23. The number of hydrogen-bond donors (Lipinski definition) is 0. The molecule has 0 aliphatic carbocycles. The van der Waals surface area contributed by atoms with Crippen molar-refractivity contribution < 1.29 is 8.42 Å². The third kappa shape index (κ3) is 1.48. The van der Waals surface area contributed by atoms with Crippen molar-refractivity contribution in [2.24, 2.45) is 4.99 Å². The van der Waals surface area contributed by atoms with Gasteiger partial charge in [-0.3, -0.25) is 0 Å². The molecule has 0 unspecified atom stereocenters. The molecule has 0 aromatic carbocycles. The molecule has 0 spiro atoms. The van der Waals surface area contributed by atoms with E-state index in [0.29, 0.717) is 5.70 Å². The van der Waals surface area contributed by atoms with Crippen molar-refractivity contribution in [3.63, 3.8) is 0 Å². The third-order valence-corrected chi connectivity index (χ3v) is 3.74. The molecule has 1 saturated heterocycles. The first-order valence-electron chi connectivity index (χ1n) is 4.37. The van der Waals surface area contributed by atoms with Crippen LogP contribution in [0.25, 0.3) is 0 Å². The fourth-order valence-electron chi connectivity index (χ4n) is 1.68. The molecule has 1 fully saturated rings. The molecule has 0 N–H and O–H groups in total. The molecule has 2 heterocycles. The zero-order valence-electron chi connectivity index (χ0n) is 7.52. The van der Waals surface area contributed by atoms with Crippen LogP contribution in [0.15, 0.2) is 16.1 Å². The molecule has 0 bridgehead atoms. The number of allylic oxidation sites excluding steroid dienone is 1. The van der Waals surface area contributed by atoms with Gasteiger partial charge < -0.3 is 4.90 Å². The minimum absolute atomic E-state index is 0.252. The second-order valence-corrected chi connectivity index (χ2v) is 5.08. The van der Waals surface area contributed by atoms with Gasteiger partial charge in [-0.05, 0) is 19.8 Å². The van der Waals surface area contributed by atoms with E-state index < -0.39 is 9.84 Å². The maximum atomic E-state index is 11.5. The van der Waals surface area contributed by atoms with Crippen molar-refractivity contribution in [2.45, 2.75) is 19.8 Å². The SMILES string of the molecule is CC1=CS(=O)(=O)C(N2CCCC2)=N1. The highest BCUT2D eigenvalue weighted by Gasteiger charge is 2.30. The van der Waals surface area contributed by atoms with E-state index >= 15 is 0 Å². The highest BCUT2D eigenvalue weighted by molar-refractivity contribution is 8.09. The molecule has 5 heteroatoms. The van der Waals surface area contributed by atoms with Crippen LogP contribution in [0.1, 0.15) is 19.8 Å². The lowest BCUT2D eigenvalue weighted by atomic mass is 10.4. The molecular formula is C8H12N2O2S. The number of amidine groups is 1. The van der Waals surface area contributed by atoms with Crippen LogP contribution in [0.3, 0.4) is 0 Å². The van der Waals surface area contributed by atoms with Gasteiger partial charge in [-0.2, -0.15) is 0 Å². The fourth-order valence-corrected chi connectivity index (χ4v) is 3.10. The molecule has 0 atom stereocenters. The Morgan fingerprint density at radius 1 is 1.38 bits per heavy atom. The summed E-state index contributed by atoms with van der Waals surface area (Å²) in [7, 11) is -3.21. The van der Waals surface area contributed by atoms with Crippen LogP contribution in [0.5, 0.6) is 0 Å². The summed E-state index contributed by atoms with van der Waals surface area (Å²) in [6, 6.07) is 0. The van der Waals surface area contributed by atoms with Crippen molar-refractivity contribution in [3.8, 4) is 0 Å². The van der Waals surface area contributed by atoms with Gasteiger partial charge in [0.15, 0.2) is 0 Å². The monoisotopic (exact) mass is 200 g/mol. The van der Waals surface area contributed by atoms with Gasteiger partial charge in [-0.15, -0.1) is 0 Å². The molecule has 0 amide bonds. The minimum Gasteiger partial charge on any atom is -0.347 e. The predicted octanol–water partition coefficient (Wildman–Crippen LogP) is 0.728. The molecule has 72 valence electrons. The lowest BCUT2D eigenvalue weighted by Crippen LogP contribution is -2.31. The summed E-state index contributed by atoms with van der Waals surface area (Å²) in [4.78, 5) is 5.89.